The second-order valence-corrected chi connectivity index (χ2v) is 5.36. The second-order valence-electron chi connectivity index (χ2n) is 5.36. The fraction of sp³-hybridized carbons (Fsp3) is 0. The quantitative estimate of drug-likeness (QED) is 0.498. The van der Waals surface area contributed by atoms with Crippen molar-refractivity contribution in [2.75, 3.05) is 0 Å². The molecule has 0 radical (unpaired) electrons. The van der Waals surface area contributed by atoms with Crippen LogP contribution in [0.4, 0.5) is 22.7 Å². The fourth-order valence-corrected chi connectivity index (χ4v) is 2.34. The van der Waals surface area contributed by atoms with Crippen molar-refractivity contribution in [3.8, 4) is 5.75 Å². The molecule has 148 valence electrons. The number of phenolic OH excluding ortho intramolecular Hbond substituents is 1. The van der Waals surface area contributed by atoms with Crippen LogP contribution in [0.15, 0.2) is 54.6 Å². The first-order valence-electron chi connectivity index (χ1n) is 7.55. The van der Waals surface area contributed by atoms with Crippen LogP contribution in [-0.2, 0) is 0 Å². The number of benzene rings is 3. The third kappa shape index (κ3) is 4.54. The smallest absolute Gasteiger partial charge is 0.324 e. The van der Waals surface area contributed by atoms with Crippen LogP contribution >= 0.6 is 0 Å². The van der Waals surface area contributed by atoms with Crippen molar-refractivity contribution in [2.45, 2.75) is 0 Å². The maximum atomic E-state index is 10.6. The number of nitro benzene ring substituents is 4. The second kappa shape index (κ2) is 8.34. The summed E-state index contributed by atoms with van der Waals surface area (Å²) in [6.45, 7) is 0. The molecule has 29 heavy (non-hydrogen) atoms. The number of non-ortho nitro benzene ring substituents is 2. The minimum Gasteiger partial charge on any atom is -0.497 e. The molecule has 13 heteroatoms. The molecule has 0 bridgehead atoms. The van der Waals surface area contributed by atoms with Crippen molar-refractivity contribution in [3.63, 3.8) is 0 Å². The molecule has 0 spiro atoms. The molecule has 13 nitrogen and oxygen atoms in total. The Hall–Kier alpha value is -4.68. The Kier molecular flexibility index (Phi) is 5.93. The van der Waals surface area contributed by atoms with Crippen LogP contribution < -0.4 is 0 Å². The average Bonchev–Trinajstić information content (AvgIpc) is 2.67. The minimum atomic E-state index is -1.21. The Morgan fingerprint density at radius 1 is 0.621 bits per heavy atom. The van der Waals surface area contributed by atoms with Crippen LogP contribution in [0.25, 0.3) is 10.8 Å². The van der Waals surface area contributed by atoms with E-state index < -0.39 is 37.6 Å². The third-order valence-electron chi connectivity index (χ3n) is 3.62. The first-order chi connectivity index (χ1) is 13.6. The summed E-state index contributed by atoms with van der Waals surface area (Å²) in [5.41, 5.74) is -2.84. The highest BCUT2D eigenvalue weighted by molar-refractivity contribution is 5.90. The molecule has 0 amide bonds. The molecular formula is C16H10N4O9. The molecule has 1 N–H and O–H groups in total. The Bertz CT molecular complexity index is 1110. The standard InChI is InChI=1S/C10H7NO2.C6H3N3O7/c12-11(13)10-7-3-5-8-4-1-2-6-9(8)10;10-6-4(8(13)14)1-3(7(11)12)2-5(6)9(15)16/h1-7H;1-2,10H. The Morgan fingerprint density at radius 3 is 1.59 bits per heavy atom. The van der Waals surface area contributed by atoms with E-state index in [1.54, 1.807) is 18.2 Å². The number of fused-ring (bicyclic) bond motifs is 1. The van der Waals surface area contributed by atoms with Gasteiger partial charge in [0.25, 0.3) is 17.1 Å². The topological polar surface area (TPSA) is 193 Å². The molecule has 0 atom stereocenters. The van der Waals surface area contributed by atoms with E-state index in [2.05, 4.69) is 0 Å². The van der Waals surface area contributed by atoms with E-state index in [0.717, 1.165) is 5.39 Å². The lowest BCUT2D eigenvalue weighted by Gasteiger charge is -1.97. The number of hydrogen-bond donors (Lipinski definition) is 1. The lowest BCUT2D eigenvalue weighted by atomic mass is 10.1. The van der Waals surface area contributed by atoms with Gasteiger partial charge in [0.1, 0.15) is 0 Å². The van der Waals surface area contributed by atoms with Gasteiger partial charge in [-0.2, -0.15) is 0 Å². The molecule has 0 aliphatic rings. The maximum absolute atomic E-state index is 10.6. The Morgan fingerprint density at radius 2 is 1.10 bits per heavy atom. The molecular weight excluding hydrogens is 392 g/mol. The largest absolute Gasteiger partial charge is 0.497 e. The molecule has 0 unspecified atom stereocenters. The van der Waals surface area contributed by atoms with Crippen molar-refractivity contribution in [1.82, 2.24) is 0 Å². The molecule has 0 aliphatic heterocycles. The summed E-state index contributed by atoms with van der Waals surface area (Å²) >= 11 is 0. The molecule has 3 aromatic carbocycles. The summed E-state index contributed by atoms with van der Waals surface area (Å²) in [4.78, 5) is 38.0. The summed E-state index contributed by atoms with van der Waals surface area (Å²) in [5.74, 6) is -1.21. The average molecular weight is 402 g/mol. The van der Waals surface area contributed by atoms with E-state index in [0.29, 0.717) is 17.5 Å². The SMILES string of the molecule is O=[N+]([O-])c1cc([N+](=O)[O-])c(O)c([N+](=O)[O-])c1.O=[N+]([O-])c1cccc2ccccc12. The van der Waals surface area contributed by atoms with Gasteiger partial charge in [-0.05, 0) is 11.5 Å². The predicted molar refractivity (Wildman–Crippen MR) is 98.7 cm³/mol. The van der Waals surface area contributed by atoms with Crippen molar-refractivity contribution in [1.29, 1.82) is 0 Å². The van der Waals surface area contributed by atoms with Gasteiger partial charge in [-0.25, -0.2) is 0 Å². The molecule has 0 heterocycles. The highest BCUT2D eigenvalue weighted by Crippen LogP contribution is 2.38. The lowest BCUT2D eigenvalue weighted by Crippen LogP contribution is -1.97. The van der Waals surface area contributed by atoms with E-state index >= 15 is 0 Å². The van der Waals surface area contributed by atoms with Crippen LogP contribution in [0, 0.1) is 40.5 Å². The van der Waals surface area contributed by atoms with Crippen molar-refractivity contribution >= 4 is 33.5 Å². The first-order valence-corrected chi connectivity index (χ1v) is 7.55. The summed E-state index contributed by atoms with van der Waals surface area (Å²) in [5, 5.41) is 52.4. The summed E-state index contributed by atoms with van der Waals surface area (Å²) in [6, 6.07) is 13.3. The lowest BCUT2D eigenvalue weighted by molar-refractivity contribution is -0.404. The first kappa shape index (κ1) is 20.6. The van der Waals surface area contributed by atoms with Gasteiger partial charge in [0.2, 0.25) is 0 Å². The zero-order chi connectivity index (χ0) is 21.7. The van der Waals surface area contributed by atoms with Gasteiger partial charge in [0.05, 0.1) is 37.2 Å². The summed E-state index contributed by atoms with van der Waals surface area (Å²) in [6.07, 6.45) is 0. The monoisotopic (exact) mass is 402 g/mol. The predicted octanol–water partition coefficient (Wildman–Crippen LogP) is 3.86. The fourth-order valence-electron chi connectivity index (χ4n) is 2.34. The van der Waals surface area contributed by atoms with E-state index in [1.807, 2.05) is 18.2 Å². The van der Waals surface area contributed by atoms with E-state index in [4.69, 9.17) is 5.11 Å². The molecule has 3 aromatic rings. The van der Waals surface area contributed by atoms with Crippen LogP contribution in [0.3, 0.4) is 0 Å². The molecule has 0 aromatic heterocycles. The highest BCUT2D eigenvalue weighted by Gasteiger charge is 2.30. The molecule has 0 aliphatic carbocycles. The van der Waals surface area contributed by atoms with Gasteiger partial charge < -0.3 is 5.11 Å². The third-order valence-corrected chi connectivity index (χ3v) is 3.62. The Labute approximate surface area is 160 Å². The molecule has 0 saturated carbocycles. The number of aromatic hydroxyl groups is 1. The van der Waals surface area contributed by atoms with Gasteiger partial charge in [-0.15, -0.1) is 0 Å². The maximum Gasteiger partial charge on any atom is 0.324 e. The number of rotatable bonds is 4. The van der Waals surface area contributed by atoms with Gasteiger partial charge in [0.15, 0.2) is 0 Å². The zero-order valence-electron chi connectivity index (χ0n) is 14.2. The summed E-state index contributed by atoms with van der Waals surface area (Å²) < 4.78 is 0. The van der Waals surface area contributed by atoms with Gasteiger partial charge in [-0.1, -0.05) is 30.3 Å². The summed E-state index contributed by atoms with van der Waals surface area (Å²) in [7, 11) is 0. The normalized spacial score (nSPS) is 9.93. The van der Waals surface area contributed by atoms with Crippen LogP contribution in [-0.4, -0.2) is 24.8 Å². The van der Waals surface area contributed by atoms with E-state index in [1.165, 1.54) is 6.07 Å². The highest BCUT2D eigenvalue weighted by atomic mass is 16.6. The molecule has 0 fully saturated rings. The minimum absolute atomic E-state index is 0.165. The zero-order valence-corrected chi connectivity index (χ0v) is 14.2. The van der Waals surface area contributed by atoms with Crippen molar-refractivity contribution < 1.29 is 24.8 Å². The van der Waals surface area contributed by atoms with Gasteiger partial charge in [-0.3, -0.25) is 40.5 Å². The number of phenols is 1. The van der Waals surface area contributed by atoms with Crippen molar-refractivity contribution in [2.24, 2.45) is 0 Å². The van der Waals surface area contributed by atoms with E-state index in [-0.39, 0.29) is 10.6 Å². The van der Waals surface area contributed by atoms with Crippen molar-refractivity contribution in [3.05, 3.63) is 95.1 Å². The van der Waals surface area contributed by atoms with Crippen LogP contribution in [0.2, 0.25) is 0 Å². The van der Waals surface area contributed by atoms with Gasteiger partial charge >= 0.3 is 11.4 Å². The van der Waals surface area contributed by atoms with Crippen LogP contribution in [0.1, 0.15) is 0 Å². The van der Waals surface area contributed by atoms with Gasteiger partial charge in [0, 0.05) is 6.07 Å². The Balaban J connectivity index is 0.000000211. The number of nitro groups is 4. The molecule has 0 saturated heterocycles. The molecule has 3 rings (SSSR count). The number of hydrogen-bond acceptors (Lipinski definition) is 9. The number of nitrogens with zero attached hydrogens (tertiary/aromatic N) is 4. The van der Waals surface area contributed by atoms with E-state index in [9.17, 15) is 40.5 Å². The van der Waals surface area contributed by atoms with Crippen LogP contribution in [0.5, 0.6) is 5.75 Å².